The molecule has 1 unspecified atom stereocenters. The van der Waals surface area contributed by atoms with Crippen LogP contribution >= 0.6 is 0 Å². The fourth-order valence-electron chi connectivity index (χ4n) is 3.03. The van der Waals surface area contributed by atoms with Gasteiger partial charge in [0.15, 0.2) is 5.96 Å². The summed E-state index contributed by atoms with van der Waals surface area (Å²) in [4.78, 5) is 4.27. The third-order valence-electron chi connectivity index (χ3n) is 4.72. The zero-order valence-electron chi connectivity index (χ0n) is 15.1. The maximum Gasteiger partial charge on any atom is 0.191 e. The molecule has 2 saturated heterocycles. The lowest BCUT2D eigenvalue weighted by Gasteiger charge is -2.36. The van der Waals surface area contributed by atoms with Crippen LogP contribution in [0.25, 0.3) is 0 Å². The Kier molecular flexibility index (Phi) is 8.80. The average molecular weight is 343 g/mol. The molecule has 0 aromatic heterocycles. The second-order valence-electron chi connectivity index (χ2n) is 6.42. The molecule has 0 spiro atoms. The first-order valence-electron chi connectivity index (χ1n) is 9.05. The van der Waals surface area contributed by atoms with Crippen molar-refractivity contribution in [1.82, 2.24) is 10.6 Å². The number of hydrogen-bond acceptors (Lipinski definition) is 5. The van der Waals surface area contributed by atoms with Crippen molar-refractivity contribution in [2.75, 3.05) is 60.3 Å². The summed E-state index contributed by atoms with van der Waals surface area (Å²) in [6.07, 6.45) is 5.34. The highest BCUT2D eigenvalue weighted by Gasteiger charge is 2.32. The van der Waals surface area contributed by atoms with E-state index >= 15 is 0 Å². The van der Waals surface area contributed by atoms with Gasteiger partial charge in [-0.2, -0.15) is 0 Å². The van der Waals surface area contributed by atoms with Crippen LogP contribution in [-0.4, -0.2) is 77.9 Å². The molecule has 2 fully saturated rings. The molecule has 0 amide bonds. The molecule has 0 aromatic rings. The van der Waals surface area contributed by atoms with Crippen LogP contribution in [0.4, 0.5) is 0 Å². The van der Waals surface area contributed by atoms with Crippen molar-refractivity contribution in [3.8, 4) is 0 Å². The summed E-state index contributed by atoms with van der Waals surface area (Å²) in [5.74, 6) is 0.803. The molecule has 2 aliphatic heterocycles. The lowest BCUT2D eigenvalue weighted by molar-refractivity contribution is -0.0855. The summed E-state index contributed by atoms with van der Waals surface area (Å²) in [6, 6.07) is 0. The molecule has 2 rings (SSSR count). The summed E-state index contributed by atoms with van der Waals surface area (Å²) in [6.45, 7) is 5.41. The van der Waals surface area contributed by atoms with Crippen molar-refractivity contribution in [2.24, 2.45) is 4.99 Å². The average Bonchev–Trinajstić information content (AvgIpc) is 3.14. The van der Waals surface area contributed by atoms with Crippen molar-refractivity contribution in [2.45, 2.75) is 43.8 Å². The lowest BCUT2D eigenvalue weighted by Crippen LogP contribution is -2.50. The van der Waals surface area contributed by atoms with E-state index in [4.69, 9.17) is 18.9 Å². The summed E-state index contributed by atoms with van der Waals surface area (Å²) in [7, 11) is 3.56. The van der Waals surface area contributed by atoms with E-state index in [0.29, 0.717) is 12.7 Å². The van der Waals surface area contributed by atoms with Gasteiger partial charge in [0.2, 0.25) is 0 Å². The normalized spacial score (nSPS) is 24.1. The van der Waals surface area contributed by atoms with E-state index in [1.165, 1.54) is 0 Å². The van der Waals surface area contributed by atoms with Crippen LogP contribution < -0.4 is 10.6 Å². The smallest absolute Gasteiger partial charge is 0.191 e. The van der Waals surface area contributed by atoms with E-state index in [-0.39, 0.29) is 5.60 Å². The van der Waals surface area contributed by atoms with Gasteiger partial charge in [-0.25, -0.2) is 0 Å². The Morgan fingerprint density at radius 2 is 2.08 bits per heavy atom. The Hall–Kier alpha value is -0.890. The number of guanidine groups is 1. The highest BCUT2D eigenvalue weighted by molar-refractivity contribution is 5.79. The maximum atomic E-state index is 5.72. The number of nitrogens with one attached hydrogen (secondary N) is 2. The van der Waals surface area contributed by atoms with Gasteiger partial charge in [-0.15, -0.1) is 0 Å². The van der Waals surface area contributed by atoms with E-state index in [0.717, 1.165) is 77.6 Å². The highest BCUT2D eigenvalue weighted by atomic mass is 16.5. The molecule has 0 aromatic carbocycles. The zero-order valence-corrected chi connectivity index (χ0v) is 15.1. The topological polar surface area (TPSA) is 73.3 Å². The minimum atomic E-state index is -0.153. The summed E-state index contributed by atoms with van der Waals surface area (Å²) in [5, 5.41) is 6.68. The van der Waals surface area contributed by atoms with E-state index in [1.807, 2.05) is 0 Å². The van der Waals surface area contributed by atoms with Gasteiger partial charge >= 0.3 is 0 Å². The second-order valence-corrected chi connectivity index (χ2v) is 6.42. The predicted molar refractivity (Wildman–Crippen MR) is 93.6 cm³/mol. The van der Waals surface area contributed by atoms with Crippen LogP contribution in [0, 0.1) is 0 Å². The summed E-state index contributed by atoms with van der Waals surface area (Å²) >= 11 is 0. The van der Waals surface area contributed by atoms with Crippen LogP contribution in [0.15, 0.2) is 4.99 Å². The highest BCUT2D eigenvalue weighted by Crippen LogP contribution is 2.23. The third kappa shape index (κ3) is 6.55. The number of aliphatic imine (C=N–C) groups is 1. The third-order valence-corrected chi connectivity index (χ3v) is 4.72. The fraction of sp³-hybridized carbons (Fsp3) is 0.941. The van der Waals surface area contributed by atoms with Gasteiger partial charge in [-0.1, -0.05) is 0 Å². The molecule has 7 nitrogen and oxygen atoms in total. The van der Waals surface area contributed by atoms with Crippen molar-refractivity contribution >= 4 is 5.96 Å². The molecule has 2 aliphatic rings. The molecule has 0 saturated carbocycles. The molecule has 0 aliphatic carbocycles. The fourth-order valence-corrected chi connectivity index (χ4v) is 3.03. The van der Waals surface area contributed by atoms with Gasteiger partial charge in [-0.05, 0) is 19.3 Å². The van der Waals surface area contributed by atoms with Crippen LogP contribution in [0.5, 0.6) is 0 Å². The Morgan fingerprint density at radius 3 is 2.75 bits per heavy atom. The van der Waals surface area contributed by atoms with Crippen LogP contribution in [0.1, 0.15) is 32.1 Å². The number of hydrogen-bond donors (Lipinski definition) is 2. The van der Waals surface area contributed by atoms with Gasteiger partial charge in [-0.3, -0.25) is 4.99 Å². The van der Waals surface area contributed by atoms with E-state index in [9.17, 15) is 0 Å². The van der Waals surface area contributed by atoms with Gasteiger partial charge in [0.05, 0.1) is 18.3 Å². The summed E-state index contributed by atoms with van der Waals surface area (Å²) in [5.41, 5.74) is -0.153. The molecule has 24 heavy (non-hydrogen) atoms. The van der Waals surface area contributed by atoms with Crippen LogP contribution in [-0.2, 0) is 18.9 Å². The molecule has 0 bridgehead atoms. The number of rotatable bonds is 9. The minimum Gasteiger partial charge on any atom is -0.381 e. The Balaban J connectivity index is 1.54. The standard InChI is InChI=1S/C17H33N3O4/c1-18-16(20-14-17(21-2)6-11-22-12-7-17)19-8-4-9-23-13-15-5-3-10-24-15/h15H,3-14H2,1-2H3,(H2,18,19,20). The van der Waals surface area contributed by atoms with Crippen LogP contribution in [0.2, 0.25) is 0 Å². The first kappa shape index (κ1) is 19.4. The molecular weight excluding hydrogens is 310 g/mol. The molecule has 1 atom stereocenters. The van der Waals surface area contributed by atoms with Crippen molar-refractivity contribution in [3.05, 3.63) is 0 Å². The molecule has 0 radical (unpaired) electrons. The van der Waals surface area contributed by atoms with E-state index in [1.54, 1.807) is 14.2 Å². The molecule has 7 heteroatoms. The first-order valence-corrected chi connectivity index (χ1v) is 9.05. The number of nitrogens with zero attached hydrogens (tertiary/aromatic N) is 1. The van der Waals surface area contributed by atoms with Crippen molar-refractivity contribution in [1.29, 1.82) is 0 Å². The number of ether oxygens (including phenoxy) is 4. The number of methoxy groups -OCH3 is 1. The van der Waals surface area contributed by atoms with Crippen molar-refractivity contribution in [3.63, 3.8) is 0 Å². The molecule has 2 heterocycles. The SMILES string of the molecule is CN=C(NCCCOCC1CCCO1)NCC1(OC)CCOCC1. The monoisotopic (exact) mass is 343 g/mol. The predicted octanol–water partition coefficient (Wildman–Crippen LogP) is 0.933. The quantitative estimate of drug-likeness (QED) is 0.369. The van der Waals surface area contributed by atoms with Gasteiger partial charge in [0.25, 0.3) is 0 Å². The molecular formula is C17H33N3O4. The minimum absolute atomic E-state index is 0.153. The Bertz CT molecular complexity index is 367. The Morgan fingerprint density at radius 1 is 1.25 bits per heavy atom. The maximum absolute atomic E-state index is 5.72. The van der Waals surface area contributed by atoms with Gasteiger partial charge < -0.3 is 29.6 Å². The summed E-state index contributed by atoms with van der Waals surface area (Å²) < 4.78 is 22.3. The molecule has 2 N–H and O–H groups in total. The van der Waals surface area contributed by atoms with Gasteiger partial charge in [0, 0.05) is 66.5 Å². The van der Waals surface area contributed by atoms with E-state index in [2.05, 4.69) is 15.6 Å². The lowest BCUT2D eigenvalue weighted by atomic mass is 9.94. The Labute approximate surface area is 145 Å². The largest absolute Gasteiger partial charge is 0.381 e. The second kappa shape index (κ2) is 10.9. The van der Waals surface area contributed by atoms with Crippen LogP contribution in [0.3, 0.4) is 0 Å². The van der Waals surface area contributed by atoms with E-state index < -0.39 is 0 Å². The molecule has 140 valence electrons. The zero-order chi connectivity index (χ0) is 17.1. The first-order chi connectivity index (χ1) is 11.8. The van der Waals surface area contributed by atoms with Crippen molar-refractivity contribution < 1.29 is 18.9 Å². The van der Waals surface area contributed by atoms with Gasteiger partial charge in [0.1, 0.15) is 0 Å².